The number of alkyl carbamates (subject to hydrolysis) is 1. The van der Waals surface area contributed by atoms with Gasteiger partial charge in [0, 0.05) is 29.5 Å². The van der Waals surface area contributed by atoms with Gasteiger partial charge in [0.05, 0.1) is 31.5 Å². The van der Waals surface area contributed by atoms with Crippen LogP contribution in [0.1, 0.15) is 58.4 Å². The Bertz CT molecular complexity index is 2120. The van der Waals surface area contributed by atoms with E-state index in [0.717, 1.165) is 11.1 Å². The number of ether oxygens (including phenoxy) is 4. The number of nitrogens with zero attached hydrogens (tertiary/aromatic N) is 2. The van der Waals surface area contributed by atoms with E-state index in [9.17, 15) is 24.3 Å². The van der Waals surface area contributed by atoms with E-state index in [4.69, 9.17) is 23.9 Å². The zero-order valence-corrected chi connectivity index (χ0v) is 32.1. The number of aliphatic carboxylic acids is 1. The van der Waals surface area contributed by atoms with E-state index in [1.165, 1.54) is 4.90 Å². The molecule has 1 aliphatic carbocycles. The van der Waals surface area contributed by atoms with Crippen LogP contribution in [-0.4, -0.2) is 88.5 Å². The highest BCUT2D eigenvalue weighted by Crippen LogP contribution is 2.47. The van der Waals surface area contributed by atoms with Crippen molar-refractivity contribution in [3.8, 4) is 28.5 Å². The van der Waals surface area contributed by atoms with Gasteiger partial charge in [0.1, 0.15) is 46.6 Å². The molecule has 3 heterocycles. The van der Waals surface area contributed by atoms with Crippen molar-refractivity contribution >= 4 is 34.8 Å². The van der Waals surface area contributed by atoms with Gasteiger partial charge in [0.25, 0.3) is 0 Å². The molecule has 1 saturated carbocycles. The molecule has 1 unspecified atom stereocenters. The standard InChI is InChI=1S/C43H48N4O9/c1-42(2,3)56-41(52)45-33-18-15-26-10-8-14-30(20-26)54-19-9-13-28-24-43(28,40(50)51)46-38(48)36-22-31(25-47(36)39(33)49)55-37-23-34(27-11-6-5-7-12-27)44-35-21-29(53-4)16-17-32(35)37/h5-8,10-12,14,16-17,20-21,23,28,31,33,36H,9,13,15,18-19,22,24-25H2,1-4H3,(H,45,52)(H,46,48)(H,50,51)/t28?,31-,33-,36+,43+/m1/s1. The van der Waals surface area contributed by atoms with Gasteiger partial charge in [-0.3, -0.25) is 9.59 Å². The van der Waals surface area contributed by atoms with Crippen LogP contribution in [0.3, 0.4) is 0 Å². The number of pyridine rings is 1. The summed E-state index contributed by atoms with van der Waals surface area (Å²) in [5.41, 5.74) is 0.773. The summed E-state index contributed by atoms with van der Waals surface area (Å²) < 4.78 is 23.7. The molecule has 0 spiro atoms. The molecule has 2 bridgehead atoms. The molecule has 56 heavy (non-hydrogen) atoms. The smallest absolute Gasteiger partial charge is 0.408 e. The number of rotatable bonds is 6. The molecule has 2 aliphatic heterocycles. The molecule has 4 aromatic rings. The first-order chi connectivity index (χ1) is 26.8. The van der Waals surface area contributed by atoms with E-state index >= 15 is 0 Å². The average Bonchev–Trinajstić information content (AvgIpc) is 3.71. The predicted molar refractivity (Wildman–Crippen MR) is 208 cm³/mol. The van der Waals surface area contributed by atoms with Gasteiger partial charge in [-0.25, -0.2) is 14.6 Å². The second-order valence-corrected chi connectivity index (χ2v) is 15.8. The third-order valence-corrected chi connectivity index (χ3v) is 10.6. The molecule has 5 atom stereocenters. The summed E-state index contributed by atoms with van der Waals surface area (Å²) in [5, 5.41) is 16.7. The van der Waals surface area contributed by atoms with Crippen molar-refractivity contribution in [2.24, 2.45) is 5.92 Å². The minimum absolute atomic E-state index is 0.00309. The van der Waals surface area contributed by atoms with Gasteiger partial charge in [-0.05, 0) is 88.6 Å². The second kappa shape index (κ2) is 15.7. The van der Waals surface area contributed by atoms with E-state index in [-0.39, 0.29) is 31.7 Å². The van der Waals surface area contributed by atoms with Crippen molar-refractivity contribution in [1.29, 1.82) is 0 Å². The number of aryl methyl sites for hydroxylation is 1. The van der Waals surface area contributed by atoms with Crippen molar-refractivity contribution < 1.29 is 43.2 Å². The minimum atomic E-state index is -1.46. The first-order valence-electron chi connectivity index (χ1n) is 19.1. The fourth-order valence-electron chi connectivity index (χ4n) is 7.69. The molecule has 1 aromatic heterocycles. The fraction of sp³-hybridized carbons (Fsp3) is 0.419. The molecule has 13 nitrogen and oxygen atoms in total. The normalized spacial score (nSPS) is 24.1. The maximum absolute atomic E-state index is 14.7. The second-order valence-electron chi connectivity index (χ2n) is 15.8. The van der Waals surface area contributed by atoms with Crippen LogP contribution < -0.4 is 24.8 Å². The molecule has 3 aliphatic rings. The topological polar surface area (TPSA) is 166 Å². The number of aromatic nitrogens is 1. The summed E-state index contributed by atoms with van der Waals surface area (Å²) in [5.74, 6) is -0.750. The van der Waals surface area contributed by atoms with Gasteiger partial charge in [-0.2, -0.15) is 0 Å². The summed E-state index contributed by atoms with van der Waals surface area (Å²) in [6.45, 7) is 5.57. The van der Waals surface area contributed by atoms with E-state index in [1.54, 1.807) is 27.9 Å². The summed E-state index contributed by atoms with van der Waals surface area (Å²) in [4.78, 5) is 61.2. The predicted octanol–water partition coefficient (Wildman–Crippen LogP) is 5.92. The molecule has 7 rings (SSSR count). The Morgan fingerprint density at radius 2 is 1.82 bits per heavy atom. The minimum Gasteiger partial charge on any atom is -0.497 e. The molecule has 294 valence electrons. The van der Waals surface area contributed by atoms with E-state index in [0.29, 0.717) is 59.7 Å². The van der Waals surface area contributed by atoms with Crippen molar-refractivity contribution in [3.05, 3.63) is 84.4 Å². The third kappa shape index (κ3) is 8.51. The fourth-order valence-corrected chi connectivity index (χ4v) is 7.69. The average molecular weight is 765 g/mol. The summed E-state index contributed by atoms with van der Waals surface area (Å²) >= 11 is 0. The van der Waals surface area contributed by atoms with Crippen LogP contribution in [0.2, 0.25) is 0 Å². The highest BCUT2D eigenvalue weighted by Gasteiger charge is 2.62. The Kier molecular flexibility index (Phi) is 10.8. The Hall–Kier alpha value is -5.85. The van der Waals surface area contributed by atoms with Gasteiger partial charge in [-0.1, -0.05) is 42.5 Å². The number of nitrogens with one attached hydrogen (secondary N) is 2. The number of fused-ring (bicyclic) bond motifs is 5. The number of amides is 3. The zero-order chi connectivity index (χ0) is 39.6. The molecule has 0 radical (unpaired) electrons. The SMILES string of the molecule is COc1ccc2c(O[C@@H]3C[C@H]4C(=O)N[C@@]5(C(=O)O)CC5CCCOc5cccc(c5)CC[C@@H](NC(=O)OC(C)(C)C)C(=O)N4C3)cc(-c3ccccc3)nc2c1. The lowest BCUT2D eigenvalue weighted by Gasteiger charge is -2.30. The molecule has 2 fully saturated rings. The van der Waals surface area contributed by atoms with E-state index < -0.39 is 53.2 Å². The van der Waals surface area contributed by atoms with Crippen LogP contribution in [-0.2, 0) is 25.5 Å². The first-order valence-corrected chi connectivity index (χ1v) is 19.1. The number of hydrogen-bond acceptors (Lipinski definition) is 9. The van der Waals surface area contributed by atoms with Crippen molar-refractivity contribution in [3.63, 3.8) is 0 Å². The molecule has 3 N–H and O–H groups in total. The quantitative estimate of drug-likeness (QED) is 0.215. The van der Waals surface area contributed by atoms with E-state index in [1.807, 2.05) is 78.9 Å². The lowest BCUT2D eigenvalue weighted by molar-refractivity contribution is -0.146. The number of carboxylic acid groups (broad SMARTS) is 1. The number of methoxy groups -OCH3 is 1. The van der Waals surface area contributed by atoms with E-state index in [2.05, 4.69) is 10.6 Å². The van der Waals surface area contributed by atoms with Gasteiger partial charge >= 0.3 is 12.1 Å². The van der Waals surface area contributed by atoms with Crippen LogP contribution >= 0.6 is 0 Å². The monoisotopic (exact) mass is 764 g/mol. The highest BCUT2D eigenvalue weighted by molar-refractivity contribution is 5.96. The zero-order valence-electron chi connectivity index (χ0n) is 32.1. The van der Waals surface area contributed by atoms with Gasteiger partial charge in [-0.15, -0.1) is 0 Å². The Morgan fingerprint density at radius 3 is 2.57 bits per heavy atom. The molecule has 13 heteroatoms. The van der Waals surface area contributed by atoms with Crippen molar-refractivity contribution in [2.75, 3.05) is 20.3 Å². The number of benzene rings is 3. The summed E-state index contributed by atoms with van der Waals surface area (Å²) in [7, 11) is 1.58. The Balaban J connectivity index is 1.24. The van der Waals surface area contributed by atoms with Crippen molar-refractivity contribution in [1.82, 2.24) is 20.5 Å². The number of carboxylic acids is 1. The largest absolute Gasteiger partial charge is 0.497 e. The van der Waals surface area contributed by atoms with Crippen LogP contribution in [0, 0.1) is 5.92 Å². The molecular weight excluding hydrogens is 716 g/mol. The Morgan fingerprint density at radius 1 is 1.02 bits per heavy atom. The van der Waals surface area contributed by atoms with Crippen LogP contribution in [0.4, 0.5) is 4.79 Å². The molecule has 3 aromatic carbocycles. The van der Waals surface area contributed by atoms with Crippen LogP contribution in [0.15, 0.2) is 78.9 Å². The Labute approximate surface area is 325 Å². The number of carbonyl (C=O) groups is 4. The summed E-state index contributed by atoms with van der Waals surface area (Å²) in [6, 6.07) is 22.4. The summed E-state index contributed by atoms with van der Waals surface area (Å²) in [6.07, 6.45) is 0.630. The first kappa shape index (κ1) is 38.4. The van der Waals surface area contributed by atoms with Crippen molar-refractivity contribution in [2.45, 2.75) is 88.6 Å². The maximum atomic E-state index is 14.7. The van der Waals surface area contributed by atoms with Crippen LogP contribution in [0.5, 0.6) is 17.2 Å². The molecule has 3 amide bonds. The molecular formula is C43H48N4O9. The van der Waals surface area contributed by atoms with Gasteiger partial charge in [0.15, 0.2) is 0 Å². The number of hydrogen-bond donors (Lipinski definition) is 3. The lowest BCUT2D eigenvalue weighted by atomic mass is 10.0. The molecule has 1 saturated heterocycles. The maximum Gasteiger partial charge on any atom is 0.408 e. The lowest BCUT2D eigenvalue weighted by Crippen LogP contribution is -2.56. The highest BCUT2D eigenvalue weighted by atomic mass is 16.6. The van der Waals surface area contributed by atoms with Gasteiger partial charge < -0.3 is 39.6 Å². The van der Waals surface area contributed by atoms with Gasteiger partial charge in [0.2, 0.25) is 11.8 Å². The number of carbonyl (C=O) groups excluding carboxylic acids is 3. The van der Waals surface area contributed by atoms with Crippen LogP contribution in [0.25, 0.3) is 22.2 Å². The third-order valence-electron chi connectivity index (χ3n) is 10.6.